The number of halogens is 1. The van der Waals surface area contributed by atoms with Crippen LogP contribution in [0.5, 0.6) is 0 Å². The fourth-order valence-electron chi connectivity index (χ4n) is 1.91. The Kier molecular flexibility index (Phi) is 4.06. The fraction of sp³-hybridized carbons (Fsp3) is 0.143. The van der Waals surface area contributed by atoms with E-state index in [1.54, 1.807) is 31.2 Å². The van der Waals surface area contributed by atoms with Crippen LogP contribution >= 0.6 is 0 Å². The number of hydrogen-bond donors (Lipinski definition) is 2. The highest BCUT2D eigenvalue weighted by atomic mass is 32.2. The van der Waals surface area contributed by atoms with Gasteiger partial charge in [-0.1, -0.05) is 18.2 Å². The highest BCUT2D eigenvalue weighted by Gasteiger charge is 2.13. The highest BCUT2D eigenvalue weighted by molar-refractivity contribution is 7.89. The van der Waals surface area contributed by atoms with Gasteiger partial charge >= 0.3 is 0 Å². The molecule has 0 saturated heterocycles. The zero-order valence-corrected chi connectivity index (χ0v) is 11.7. The molecule has 4 nitrogen and oxygen atoms in total. The summed E-state index contributed by atoms with van der Waals surface area (Å²) in [5.41, 5.74) is 2.14. The van der Waals surface area contributed by atoms with Gasteiger partial charge in [-0.25, -0.2) is 17.9 Å². The van der Waals surface area contributed by atoms with Gasteiger partial charge in [-0.2, -0.15) is 0 Å². The lowest BCUT2D eigenvalue weighted by Gasteiger charge is -2.12. The quantitative estimate of drug-likeness (QED) is 0.909. The molecule has 0 aromatic heterocycles. The molecular formula is C14H15FN2O2S. The zero-order chi connectivity index (χ0) is 14.8. The summed E-state index contributed by atoms with van der Waals surface area (Å²) < 4.78 is 35.6. The van der Waals surface area contributed by atoms with Gasteiger partial charge < -0.3 is 5.32 Å². The smallest absolute Gasteiger partial charge is 0.238 e. The Labute approximate surface area is 117 Å². The molecule has 2 aromatic rings. The molecule has 2 aromatic carbocycles. The number of hydrogen-bond acceptors (Lipinski definition) is 3. The monoisotopic (exact) mass is 294 g/mol. The first kappa shape index (κ1) is 14.5. The van der Waals surface area contributed by atoms with Crippen LogP contribution in [0.15, 0.2) is 47.4 Å². The van der Waals surface area contributed by atoms with Crippen LogP contribution in [0.2, 0.25) is 0 Å². The molecule has 0 bridgehead atoms. The molecule has 0 unspecified atom stereocenters. The normalized spacial score (nSPS) is 11.3. The molecule has 3 N–H and O–H groups in total. The van der Waals surface area contributed by atoms with Crippen molar-refractivity contribution in [1.82, 2.24) is 0 Å². The van der Waals surface area contributed by atoms with Crippen molar-refractivity contribution < 1.29 is 12.8 Å². The van der Waals surface area contributed by atoms with Crippen molar-refractivity contribution in [3.8, 4) is 0 Å². The first-order valence-electron chi connectivity index (χ1n) is 5.98. The summed E-state index contributed by atoms with van der Waals surface area (Å²) in [5.74, 6) is -0.291. The maximum absolute atomic E-state index is 12.8. The molecule has 0 aliphatic rings. The summed E-state index contributed by atoms with van der Waals surface area (Å²) >= 11 is 0. The summed E-state index contributed by atoms with van der Waals surface area (Å²) in [6, 6.07) is 11.0. The Bertz CT molecular complexity index is 712. The van der Waals surface area contributed by atoms with E-state index in [0.717, 1.165) is 5.56 Å². The Morgan fingerprint density at radius 3 is 2.40 bits per heavy atom. The molecule has 106 valence electrons. The molecule has 0 radical (unpaired) electrons. The van der Waals surface area contributed by atoms with Crippen molar-refractivity contribution in [2.24, 2.45) is 5.14 Å². The SMILES string of the molecule is Cc1c(NCc2ccc(F)cc2)cccc1S(N)(=O)=O. The average Bonchev–Trinajstić information content (AvgIpc) is 2.38. The molecule has 0 heterocycles. The molecule has 20 heavy (non-hydrogen) atoms. The van der Waals surface area contributed by atoms with E-state index < -0.39 is 10.0 Å². The third-order valence-electron chi connectivity index (χ3n) is 2.99. The summed E-state index contributed by atoms with van der Waals surface area (Å²) in [7, 11) is -3.73. The van der Waals surface area contributed by atoms with Crippen molar-refractivity contribution in [3.05, 3.63) is 59.4 Å². The van der Waals surface area contributed by atoms with Crippen LogP contribution in [0, 0.1) is 12.7 Å². The van der Waals surface area contributed by atoms with Gasteiger partial charge in [-0.15, -0.1) is 0 Å². The first-order valence-corrected chi connectivity index (χ1v) is 7.53. The minimum Gasteiger partial charge on any atom is -0.381 e. The van der Waals surface area contributed by atoms with Crippen molar-refractivity contribution in [2.45, 2.75) is 18.4 Å². The number of primary sulfonamides is 1. The summed E-state index contributed by atoms with van der Waals surface area (Å²) in [5, 5.41) is 8.27. The fourth-order valence-corrected chi connectivity index (χ4v) is 2.72. The minimum absolute atomic E-state index is 0.0987. The van der Waals surface area contributed by atoms with E-state index in [4.69, 9.17) is 5.14 Å². The second kappa shape index (κ2) is 5.60. The van der Waals surface area contributed by atoms with E-state index in [1.807, 2.05) is 0 Å². The largest absolute Gasteiger partial charge is 0.381 e. The van der Waals surface area contributed by atoms with Gasteiger partial charge in [-0.05, 0) is 42.3 Å². The van der Waals surface area contributed by atoms with Crippen molar-refractivity contribution in [3.63, 3.8) is 0 Å². The van der Waals surface area contributed by atoms with Gasteiger partial charge in [0.25, 0.3) is 0 Å². The van der Waals surface area contributed by atoms with Crippen LogP contribution in [0.25, 0.3) is 0 Å². The number of nitrogens with two attached hydrogens (primary N) is 1. The van der Waals surface area contributed by atoms with Crippen LogP contribution in [-0.4, -0.2) is 8.42 Å². The van der Waals surface area contributed by atoms with E-state index in [2.05, 4.69) is 5.32 Å². The van der Waals surface area contributed by atoms with Crippen molar-refractivity contribution in [2.75, 3.05) is 5.32 Å². The molecule has 2 rings (SSSR count). The molecular weight excluding hydrogens is 279 g/mol. The second-order valence-corrected chi connectivity index (χ2v) is 5.98. The van der Waals surface area contributed by atoms with E-state index in [-0.39, 0.29) is 10.7 Å². The summed E-state index contributed by atoms with van der Waals surface area (Å²) in [6.07, 6.45) is 0. The van der Waals surface area contributed by atoms with Gasteiger partial charge in [0.2, 0.25) is 10.0 Å². The van der Waals surface area contributed by atoms with Crippen LogP contribution in [0.3, 0.4) is 0 Å². The molecule has 0 aliphatic heterocycles. The van der Waals surface area contributed by atoms with Gasteiger partial charge in [0.15, 0.2) is 0 Å². The maximum Gasteiger partial charge on any atom is 0.238 e. The molecule has 6 heteroatoms. The van der Waals surface area contributed by atoms with E-state index in [0.29, 0.717) is 17.8 Å². The Balaban J connectivity index is 2.20. The topological polar surface area (TPSA) is 72.2 Å². The third kappa shape index (κ3) is 3.34. The van der Waals surface area contributed by atoms with E-state index in [1.165, 1.54) is 18.2 Å². The number of nitrogens with one attached hydrogen (secondary N) is 1. The lowest BCUT2D eigenvalue weighted by atomic mass is 10.1. The predicted molar refractivity (Wildman–Crippen MR) is 76.3 cm³/mol. The number of benzene rings is 2. The van der Waals surface area contributed by atoms with E-state index >= 15 is 0 Å². The molecule has 0 fully saturated rings. The van der Waals surface area contributed by atoms with Crippen LogP contribution in [0.4, 0.5) is 10.1 Å². The van der Waals surface area contributed by atoms with E-state index in [9.17, 15) is 12.8 Å². The average molecular weight is 294 g/mol. The van der Waals surface area contributed by atoms with Crippen LogP contribution in [-0.2, 0) is 16.6 Å². The van der Waals surface area contributed by atoms with Gasteiger partial charge in [-0.3, -0.25) is 0 Å². The first-order chi connectivity index (χ1) is 9.38. The second-order valence-electron chi connectivity index (χ2n) is 4.45. The number of rotatable bonds is 4. The van der Waals surface area contributed by atoms with Crippen molar-refractivity contribution in [1.29, 1.82) is 0 Å². The summed E-state index contributed by atoms with van der Waals surface area (Å²) in [4.78, 5) is 0.0987. The third-order valence-corrected chi connectivity index (χ3v) is 4.04. The molecule has 0 aliphatic carbocycles. The molecule has 0 saturated carbocycles. The number of anilines is 1. The number of sulfonamides is 1. The zero-order valence-electron chi connectivity index (χ0n) is 10.9. The lowest BCUT2D eigenvalue weighted by Crippen LogP contribution is -2.14. The standard InChI is InChI=1S/C14H15FN2O2S/c1-10-13(3-2-4-14(10)20(16,18)19)17-9-11-5-7-12(15)8-6-11/h2-8,17H,9H2,1H3,(H2,16,18,19). The minimum atomic E-state index is -3.73. The Morgan fingerprint density at radius 1 is 1.15 bits per heavy atom. The lowest BCUT2D eigenvalue weighted by molar-refractivity contribution is 0.597. The molecule has 0 amide bonds. The Hall–Kier alpha value is -1.92. The predicted octanol–water partition coefficient (Wildman–Crippen LogP) is 2.39. The van der Waals surface area contributed by atoms with Crippen LogP contribution in [0.1, 0.15) is 11.1 Å². The van der Waals surface area contributed by atoms with Gasteiger partial charge in [0.05, 0.1) is 4.90 Å². The van der Waals surface area contributed by atoms with Crippen molar-refractivity contribution >= 4 is 15.7 Å². The van der Waals surface area contributed by atoms with Gasteiger partial charge in [0, 0.05) is 12.2 Å². The summed E-state index contributed by atoms with van der Waals surface area (Å²) in [6.45, 7) is 2.15. The maximum atomic E-state index is 12.8. The Morgan fingerprint density at radius 2 is 1.80 bits per heavy atom. The molecule has 0 spiro atoms. The molecule has 0 atom stereocenters. The van der Waals surface area contributed by atoms with Gasteiger partial charge in [0.1, 0.15) is 5.82 Å². The highest BCUT2D eigenvalue weighted by Crippen LogP contribution is 2.22. The van der Waals surface area contributed by atoms with Crippen LogP contribution < -0.4 is 10.5 Å².